The van der Waals surface area contributed by atoms with Crippen LogP contribution in [-0.2, 0) is 4.74 Å². The number of rotatable bonds is 2. The first-order valence-electron chi connectivity index (χ1n) is 2.71. The predicted octanol–water partition coefficient (Wildman–Crippen LogP) is 2.15. The second-order valence-corrected chi connectivity index (χ2v) is 1.52. The van der Waals surface area contributed by atoms with E-state index in [2.05, 4.69) is 23.1 Å². The van der Waals surface area contributed by atoms with E-state index in [0.717, 1.165) is 0 Å². The average Bonchev–Trinajstić information content (AvgIpc) is 1.91. The minimum Gasteiger partial charge on any atom is -0.474 e. The lowest BCUT2D eigenvalue weighted by molar-refractivity contribution is 0.318. The van der Waals surface area contributed by atoms with Crippen LogP contribution in [0.15, 0.2) is 30.8 Å². The number of oxime groups is 1. The summed E-state index contributed by atoms with van der Waals surface area (Å²) in [5.41, 5.74) is 0.685. The summed E-state index contributed by atoms with van der Waals surface area (Å²) in [6.07, 6.45) is 2.62. The van der Waals surface area contributed by atoms with E-state index in [0.29, 0.717) is 5.71 Å². The maximum Gasteiger partial charge on any atom is 0.0829 e. The lowest BCUT2D eigenvalue weighted by Crippen LogP contribution is -1.74. The van der Waals surface area contributed by atoms with Crippen LogP contribution in [0.5, 0.6) is 0 Å². The van der Waals surface area contributed by atoms with Crippen molar-refractivity contribution in [1.82, 2.24) is 0 Å². The summed E-state index contributed by atoms with van der Waals surface area (Å²) in [6.45, 7) is 9.96. The standard InChI is InChI=1S/C4H6O.C3H7NO/c1-3-5-4-2;1-3(2)4-5/h3-4H,1-2H2;5H,1-2H3. The number of hydrogen-bond donors (Lipinski definition) is 1. The normalized spacial score (nSPS) is 6.20. The van der Waals surface area contributed by atoms with Crippen molar-refractivity contribution in [3.8, 4) is 0 Å². The molecule has 0 heterocycles. The second-order valence-electron chi connectivity index (χ2n) is 1.52. The van der Waals surface area contributed by atoms with E-state index in [-0.39, 0.29) is 0 Å². The van der Waals surface area contributed by atoms with E-state index in [1.807, 2.05) is 0 Å². The van der Waals surface area contributed by atoms with Gasteiger partial charge in [-0.15, -0.1) is 0 Å². The first-order chi connectivity index (χ1) is 4.68. The van der Waals surface area contributed by atoms with Gasteiger partial charge in [0.05, 0.1) is 18.2 Å². The van der Waals surface area contributed by atoms with Crippen LogP contribution in [0.1, 0.15) is 13.8 Å². The average molecular weight is 143 g/mol. The highest BCUT2D eigenvalue weighted by Crippen LogP contribution is 1.65. The van der Waals surface area contributed by atoms with Crippen LogP contribution in [0.4, 0.5) is 0 Å². The Labute approximate surface area is 61.3 Å². The van der Waals surface area contributed by atoms with Crippen molar-refractivity contribution in [2.75, 3.05) is 0 Å². The van der Waals surface area contributed by atoms with Crippen LogP contribution in [-0.4, -0.2) is 10.9 Å². The number of ether oxygens (including phenoxy) is 1. The van der Waals surface area contributed by atoms with E-state index >= 15 is 0 Å². The summed E-state index contributed by atoms with van der Waals surface area (Å²) in [4.78, 5) is 0. The van der Waals surface area contributed by atoms with Crippen molar-refractivity contribution in [1.29, 1.82) is 0 Å². The Kier molecular flexibility index (Phi) is 12.3. The molecule has 3 heteroatoms. The molecule has 0 saturated heterocycles. The van der Waals surface area contributed by atoms with Gasteiger partial charge in [-0.25, -0.2) is 0 Å². The van der Waals surface area contributed by atoms with Gasteiger partial charge in [-0.1, -0.05) is 18.3 Å². The molecular formula is C7H13NO2. The Hall–Kier alpha value is -1.25. The fourth-order valence-corrected chi connectivity index (χ4v) is 0.0680. The van der Waals surface area contributed by atoms with Crippen LogP contribution < -0.4 is 0 Å². The quantitative estimate of drug-likeness (QED) is 0.278. The molecule has 1 N–H and O–H groups in total. The van der Waals surface area contributed by atoms with E-state index < -0.39 is 0 Å². The smallest absolute Gasteiger partial charge is 0.0829 e. The van der Waals surface area contributed by atoms with E-state index in [9.17, 15) is 0 Å². The van der Waals surface area contributed by atoms with Crippen molar-refractivity contribution in [3.05, 3.63) is 25.7 Å². The molecule has 0 bridgehead atoms. The molecule has 10 heavy (non-hydrogen) atoms. The van der Waals surface area contributed by atoms with Crippen molar-refractivity contribution in [3.63, 3.8) is 0 Å². The summed E-state index contributed by atoms with van der Waals surface area (Å²) in [5.74, 6) is 0. The maximum atomic E-state index is 7.73. The molecule has 0 spiro atoms. The minimum absolute atomic E-state index is 0.685. The SMILES string of the molecule is C=COC=C.CC(C)=NO. The fourth-order valence-electron chi connectivity index (χ4n) is 0.0680. The first kappa shape index (κ1) is 11.5. The van der Waals surface area contributed by atoms with E-state index in [1.165, 1.54) is 12.5 Å². The predicted molar refractivity (Wildman–Crippen MR) is 42.0 cm³/mol. The molecule has 3 nitrogen and oxygen atoms in total. The molecule has 0 atom stereocenters. The van der Waals surface area contributed by atoms with Gasteiger partial charge < -0.3 is 9.94 Å². The third-order valence-corrected chi connectivity index (χ3v) is 0.392. The van der Waals surface area contributed by atoms with Crippen LogP contribution in [0.2, 0.25) is 0 Å². The van der Waals surface area contributed by atoms with Crippen LogP contribution in [0.25, 0.3) is 0 Å². The van der Waals surface area contributed by atoms with Crippen molar-refractivity contribution >= 4 is 5.71 Å². The zero-order valence-corrected chi connectivity index (χ0v) is 6.37. The van der Waals surface area contributed by atoms with Gasteiger partial charge in [0.1, 0.15) is 0 Å². The minimum atomic E-state index is 0.685. The van der Waals surface area contributed by atoms with E-state index in [1.54, 1.807) is 13.8 Å². The van der Waals surface area contributed by atoms with Gasteiger partial charge >= 0.3 is 0 Å². The monoisotopic (exact) mass is 143 g/mol. The maximum absolute atomic E-state index is 7.73. The molecule has 0 fully saturated rings. The largest absolute Gasteiger partial charge is 0.474 e. The Morgan fingerprint density at radius 1 is 1.40 bits per heavy atom. The van der Waals surface area contributed by atoms with Crippen molar-refractivity contribution < 1.29 is 9.94 Å². The van der Waals surface area contributed by atoms with Crippen LogP contribution in [0.3, 0.4) is 0 Å². The summed E-state index contributed by atoms with van der Waals surface area (Å²) in [6, 6.07) is 0. The molecule has 0 aromatic heterocycles. The number of hydrogen-bond acceptors (Lipinski definition) is 3. The van der Waals surface area contributed by atoms with Crippen molar-refractivity contribution in [2.24, 2.45) is 5.16 Å². The third-order valence-electron chi connectivity index (χ3n) is 0.392. The molecule has 0 aliphatic rings. The fraction of sp³-hybridized carbons (Fsp3) is 0.286. The van der Waals surface area contributed by atoms with Gasteiger partial charge in [0.15, 0.2) is 0 Å². The summed E-state index contributed by atoms with van der Waals surface area (Å²) >= 11 is 0. The molecule has 0 aliphatic carbocycles. The van der Waals surface area contributed by atoms with Gasteiger partial charge in [0, 0.05) is 0 Å². The highest BCUT2D eigenvalue weighted by atomic mass is 16.5. The van der Waals surface area contributed by atoms with Crippen molar-refractivity contribution in [2.45, 2.75) is 13.8 Å². The Balaban J connectivity index is 0. The van der Waals surface area contributed by atoms with Gasteiger partial charge in [-0.05, 0) is 13.8 Å². The summed E-state index contributed by atoms with van der Waals surface area (Å²) in [5, 5.41) is 10.5. The molecule has 0 aromatic carbocycles. The van der Waals surface area contributed by atoms with Crippen LogP contribution >= 0.6 is 0 Å². The summed E-state index contributed by atoms with van der Waals surface area (Å²) < 4.78 is 4.36. The molecule has 0 aromatic rings. The molecule has 0 amide bonds. The first-order valence-corrected chi connectivity index (χ1v) is 2.71. The third kappa shape index (κ3) is 29.5. The van der Waals surface area contributed by atoms with Crippen LogP contribution in [0, 0.1) is 0 Å². The van der Waals surface area contributed by atoms with Gasteiger partial charge in [0.2, 0.25) is 0 Å². The molecule has 0 aliphatic heterocycles. The zero-order chi connectivity index (χ0) is 8.41. The molecule has 0 saturated carbocycles. The van der Waals surface area contributed by atoms with Gasteiger partial charge in [-0.2, -0.15) is 0 Å². The molecule has 58 valence electrons. The number of nitrogens with zero attached hydrogens (tertiary/aromatic N) is 1. The van der Waals surface area contributed by atoms with Gasteiger partial charge in [-0.3, -0.25) is 0 Å². The summed E-state index contributed by atoms with van der Waals surface area (Å²) in [7, 11) is 0. The highest BCUT2D eigenvalue weighted by molar-refractivity contribution is 5.78. The lowest BCUT2D eigenvalue weighted by Gasteiger charge is -1.76. The second kappa shape index (κ2) is 10.7. The topological polar surface area (TPSA) is 41.8 Å². The molecule has 0 unspecified atom stereocenters. The Bertz CT molecular complexity index is 109. The Morgan fingerprint density at radius 2 is 1.70 bits per heavy atom. The molecule has 0 rings (SSSR count). The van der Waals surface area contributed by atoms with Gasteiger partial charge in [0.25, 0.3) is 0 Å². The van der Waals surface area contributed by atoms with E-state index in [4.69, 9.17) is 5.21 Å². The molecular weight excluding hydrogens is 130 g/mol. The zero-order valence-electron chi connectivity index (χ0n) is 6.37. The Morgan fingerprint density at radius 3 is 1.70 bits per heavy atom. The lowest BCUT2D eigenvalue weighted by atomic mass is 10.5. The highest BCUT2D eigenvalue weighted by Gasteiger charge is 1.65. The molecule has 0 radical (unpaired) electrons.